The van der Waals surface area contributed by atoms with Gasteiger partial charge in [-0.15, -0.1) is 0 Å². The van der Waals surface area contributed by atoms with Gasteiger partial charge in [0.25, 0.3) is 0 Å². The summed E-state index contributed by atoms with van der Waals surface area (Å²) in [4.78, 5) is 0. The first-order valence-corrected chi connectivity index (χ1v) is 8.30. The van der Waals surface area contributed by atoms with Crippen LogP contribution in [0.3, 0.4) is 0 Å². The quantitative estimate of drug-likeness (QED) is 0.530. The van der Waals surface area contributed by atoms with Gasteiger partial charge < -0.3 is 5.11 Å². The molecule has 0 unspecified atom stereocenters. The molecular weight excluding hydrogens is 304 g/mol. The molecule has 1 aromatic heterocycles. The van der Waals surface area contributed by atoms with Crippen LogP contribution in [0.5, 0.6) is 5.75 Å². The van der Waals surface area contributed by atoms with E-state index in [1.807, 2.05) is 18.2 Å². The highest BCUT2D eigenvalue weighted by Crippen LogP contribution is 2.27. The molecule has 0 radical (unpaired) electrons. The Morgan fingerprint density at radius 3 is 2.70 bits per heavy atom. The van der Waals surface area contributed by atoms with Crippen molar-refractivity contribution < 1.29 is 9.67 Å². The number of aryl methyl sites for hydroxylation is 1. The molecule has 0 saturated carbocycles. The lowest BCUT2D eigenvalue weighted by Crippen LogP contribution is -2.35. The van der Waals surface area contributed by atoms with Crippen molar-refractivity contribution >= 4 is 22.2 Å². The summed E-state index contributed by atoms with van der Waals surface area (Å²) in [5.74, 6) is 0.251. The zero-order chi connectivity index (χ0) is 16.2. The minimum Gasteiger partial charge on any atom is -0.508 e. The monoisotopic (exact) mass is 323 g/mol. The Hall–Kier alpha value is -2.59. The van der Waals surface area contributed by atoms with E-state index in [0.29, 0.717) is 6.54 Å². The Bertz CT molecular complexity index is 822. The summed E-state index contributed by atoms with van der Waals surface area (Å²) in [7, 11) is 0. The number of nitrogens with zero attached hydrogens (tertiary/aromatic N) is 1. The van der Waals surface area contributed by atoms with E-state index >= 15 is 0 Å². The number of nitrogens with one attached hydrogen (secondary N) is 1. The van der Waals surface area contributed by atoms with Crippen molar-refractivity contribution in [1.82, 2.24) is 0 Å². The highest BCUT2D eigenvalue weighted by atomic mass is 32.1. The van der Waals surface area contributed by atoms with E-state index in [1.165, 1.54) is 11.1 Å². The van der Waals surface area contributed by atoms with Gasteiger partial charge in [-0.2, -0.15) is 0 Å². The normalized spacial score (nSPS) is 10.5. The SMILES string of the molecule is C=CC[n+]1c(-c2ccc(C)cc2)csc1Nc1cccc(O)c1. The molecule has 3 nitrogen and oxygen atoms in total. The minimum absolute atomic E-state index is 0.251. The standard InChI is InChI=1S/C19H18N2OS/c1-3-11-21-18(15-9-7-14(2)8-10-15)13-23-19(21)20-16-5-4-6-17(22)12-16/h3-10,12-13,22H,1,11H2,2H3/p+1. The van der Waals surface area contributed by atoms with Crippen LogP contribution in [0.1, 0.15) is 5.56 Å². The Kier molecular flexibility index (Phi) is 4.44. The third kappa shape index (κ3) is 3.43. The van der Waals surface area contributed by atoms with Gasteiger partial charge in [0.2, 0.25) is 0 Å². The highest BCUT2D eigenvalue weighted by Gasteiger charge is 2.18. The van der Waals surface area contributed by atoms with Crippen LogP contribution in [-0.2, 0) is 6.54 Å². The predicted molar refractivity (Wildman–Crippen MR) is 96.3 cm³/mol. The van der Waals surface area contributed by atoms with E-state index in [2.05, 4.69) is 53.0 Å². The molecule has 0 atom stereocenters. The van der Waals surface area contributed by atoms with Crippen LogP contribution in [-0.4, -0.2) is 5.11 Å². The second kappa shape index (κ2) is 6.67. The number of allylic oxidation sites excluding steroid dienone is 1. The third-order valence-electron chi connectivity index (χ3n) is 3.57. The molecule has 0 fully saturated rings. The van der Waals surface area contributed by atoms with E-state index in [9.17, 15) is 5.11 Å². The molecule has 0 aliphatic carbocycles. The van der Waals surface area contributed by atoms with Gasteiger partial charge in [-0.05, 0) is 19.1 Å². The molecule has 0 spiro atoms. The number of benzene rings is 2. The molecule has 1 heterocycles. The molecule has 0 aliphatic heterocycles. The molecule has 2 N–H and O–H groups in total. The topological polar surface area (TPSA) is 36.1 Å². The fourth-order valence-corrected chi connectivity index (χ4v) is 3.37. The fourth-order valence-electron chi connectivity index (χ4n) is 2.41. The largest absolute Gasteiger partial charge is 0.508 e. The average molecular weight is 323 g/mol. The Morgan fingerprint density at radius 2 is 2.00 bits per heavy atom. The first kappa shape index (κ1) is 15.3. The fraction of sp³-hybridized carbons (Fsp3) is 0.105. The van der Waals surface area contributed by atoms with Crippen LogP contribution in [0.25, 0.3) is 11.3 Å². The van der Waals surface area contributed by atoms with Crippen LogP contribution in [0, 0.1) is 6.92 Å². The maximum absolute atomic E-state index is 9.61. The lowest BCUT2D eigenvalue weighted by Gasteiger charge is -2.05. The van der Waals surface area contributed by atoms with Gasteiger partial charge in [-0.3, -0.25) is 0 Å². The zero-order valence-electron chi connectivity index (χ0n) is 13.0. The van der Waals surface area contributed by atoms with Crippen LogP contribution in [0.2, 0.25) is 0 Å². The molecule has 23 heavy (non-hydrogen) atoms. The van der Waals surface area contributed by atoms with E-state index in [1.54, 1.807) is 23.5 Å². The van der Waals surface area contributed by atoms with Gasteiger partial charge in [-0.1, -0.05) is 59.9 Å². The molecule has 3 rings (SSSR count). The van der Waals surface area contributed by atoms with Crippen LogP contribution in [0.4, 0.5) is 10.8 Å². The number of thiazole rings is 1. The Balaban J connectivity index is 1.98. The summed E-state index contributed by atoms with van der Waals surface area (Å²) in [5.41, 5.74) is 4.44. The number of aromatic nitrogens is 1. The summed E-state index contributed by atoms with van der Waals surface area (Å²) < 4.78 is 2.19. The van der Waals surface area contributed by atoms with E-state index < -0.39 is 0 Å². The van der Waals surface area contributed by atoms with Gasteiger partial charge in [0.05, 0.1) is 0 Å². The van der Waals surface area contributed by atoms with Gasteiger partial charge in [0, 0.05) is 17.0 Å². The molecule has 0 aliphatic rings. The van der Waals surface area contributed by atoms with E-state index in [-0.39, 0.29) is 5.75 Å². The van der Waals surface area contributed by atoms with Gasteiger partial charge in [-0.25, -0.2) is 9.88 Å². The van der Waals surface area contributed by atoms with Crippen molar-refractivity contribution in [3.8, 4) is 17.0 Å². The van der Waals surface area contributed by atoms with Gasteiger partial charge in [0.1, 0.15) is 23.7 Å². The van der Waals surface area contributed by atoms with Crippen molar-refractivity contribution in [2.24, 2.45) is 0 Å². The molecule has 0 saturated heterocycles. The summed E-state index contributed by atoms with van der Waals surface area (Å²) in [6, 6.07) is 15.6. The minimum atomic E-state index is 0.251. The summed E-state index contributed by atoms with van der Waals surface area (Å²) in [6.07, 6.45) is 1.89. The van der Waals surface area contributed by atoms with E-state index in [0.717, 1.165) is 16.5 Å². The molecule has 0 amide bonds. The average Bonchev–Trinajstić information content (AvgIpc) is 2.91. The number of anilines is 2. The third-order valence-corrected chi connectivity index (χ3v) is 4.46. The number of rotatable bonds is 5. The maximum Gasteiger partial charge on any atom is 0.339 e. The van der Waals surface area contributed by atoms with Crippen LogP contribution in [0.15, 0.2) is 66.6 Å². The number of hydrogen-bond donors (Lipinski definition) is 2. The maximum atomic E-state index is 9.61. The van der Waals surface area contributed by atoms with Gasteiger partial charge >= 0.3 is 5.13 Å². The molecule has 0 bridgehead atoms. The number of phenols is 1. The molecule has 3 aromatic rings. The smallest absolute Gasteiger partial charge is 0.339 e. The number of hydrogen-bond acceptors (Lipinski definition) is 3. The second-order valence-corrected chi connectivity index (χ2v) is 6.22. The molecular formula is C19H19N2OS+. The lowest BCUT2D eigenvalue weighted by atomic mass is 10.1. The van der Waals surface area contributed by atoms with Gasteiger partial charge in [0.15, 0.2) is 0 Å². The summed E-state index contributed by atoms with van der Waals surface area (Å²) in [6.45, 7) is 6.67. The predicted octanol–water partition coefficient (Wildman–Crippen LogP) is 4.65. The Labute approximate surface area is 140 Å². The molecule has 4 heteroatoms. The summed E-state index contributed by atoms with van der Waals surface area (Å²) >= 11 is 1.64. The van der Waals surface area contributed by atoms with Crippen molar-refractivity contribution in [2.75, 3.05) is 5.32 Å². The first-order chi connectivity index (χ1) is 11.2. The van der Waals surface area contributed by atoms with Crippen LogP contribution < -0.4 is 9.88 Å². The van der Waals surface area contributed by atoms with E-state index in [4.69, 9.17) is 0 Å². The number of phenolic OH excluding ortho intramolecular Hbond substituents is 1. The van der Waals surface area contributed by atoms with Crippen molar-refractivity contribution in [3.05, 3.63) is 72.1 Å². The highest BCUT2D eigenvalue weighted by molar-refractivity contribution is 7.13. The number of aromatic hydroxyl groups is 1. The Morgan fingerprint density at radius 1 is 1.22 bits per heavy atom. The van der Waals surface area contributed by atoms with Crippen molar-refractivity contribution in [1.29, 1.82) is 0 Å². The van der Waals surface area contributed by atoms with Crippen molar-refractivity contribution in [3.63, 3.8) is 0 Å². The lowest BCUT2D eigenvalue weighted by molar-refractivity contribution is -0.657. The molecule has 116 valence electrons. The van der Waals surface area contributed by atoms with Crippen molar-refractivity contribution in [2.45, 2.75) is 13.5 Å². The molecule has 2 aromatic carbocycles. The van der Waals surface area contributed by atoms with Crippen LogP contribution >= 0.6 is 11.3 Å². The zero-order valence-corrected chi connectivity index (χ0v) is 13.8. The summed E-state index contributed by atoms with van der Waals surface area (Å²) in [5, 5.41) is 16.1. The second-order valence-electron chi connectivity index (χ2n) is 5.37. The first-order valence-electron chi connectivity index (χ1n) is 7.42.